The van der Waals surface area contributed by atoms with Crippen LogP contribution in [0.15, 0.2) is 42.6 Å². The van der Waals surface area contributed by atoms with Crippen molar-refractivity contribution in [1.29, 1.82) is 0 Å². The number of rotatable bonds is 2. The molecule has 7 heteroatoms. The molecule has 208 valence electrons. The Morgan fingerprint density at radius 2 is 1.92 bits per heavy atom. The first-order valence-corrected chi connectivity index (χ1v) is 14.1. The van der Waals surface area contributed by atoms with E-state index in [4.69, 9.17) is 9.47 Å². The molecule has 7 nitrogen and oxygen atoms in total. The van der Waals surface area contributed by atoms with Gasteiger partial charge in [-0.25, -0.2) is 4.79 Å². The summed E-state index contributed by atoms with van der Waals surface area (Å²) in [5, 5.41) is 0. The molecule has 5 aliphatic rings. The number of fused-ring (bicyclic) bond motifs is 1. The molecule has 0 N–H and O–H groups in total. The van der Waals surface area contributed by atoms with E-state index in [1.165, 1.54) is 11.1 Å². The molecule has 7 rings (SSSR count). The van der Waals surface area contributed by atoms with Gasteiger partial charge in [0.1, 0.15) is 17.0 Å². The number of carbonyl (C=O) groups is 2. The molecule has 4 fully saturated rings. The lowest BCUT2D eigenvalue weighted by Gasteiger charge is -2.66. The van der Waals surface area contributed by atoms with Crippen LogP contribution < -0.4 is 4.74 Å². The van der Waals surface area contributed by atoms with Crippen molar-refractivity contribution in [1.82, 2.24) is 14.8 Å². The number of piperidine rings is 1. The first kappa shape index (κ1) is 26.1. The first-order chi connectivity index (χ1) is 18.2. The minimum Gasteiger partial charge on any atom is -0.497 e. The number of amides is 2. The molecule has 3 heterocycles. The monoisotopic (exact) mass is 531 g/mol. The fraction of sp³-hybridized carbons (Fsp3) is 0.594. The van der Waals surface area contributed by atoms with E-state index in [0.29, 0.717) is 24.1 Å². The van der Waals surface area contributed by atoms with Crippen molar-refractivity contribution in [3.05, 3.63) is 59.4 Å². The molecule has 1 aromatic carbocycles. The van der Waals surface area contributed by atoms with E-state index < -0.39 is 5.60 Å². The first-order valence-electron chi connectivity index (χ1n) is 14.1. The molecular formula is C32H41N3O4. The molecule has 2 aliphatic heterocycles. The van der Waals surface area contributed by atoms with E-state index in [0.717, 1.165) is 44.4 Å². The van der Waals surface area contributed by atoms with Gasteiger partial charge in [0, 0.05) is 42.2 Å². The number of methoxy groups -OCH3 is 1. The number of nitrogens with zero attached hydrogens (tertiary/aromatic N) is 3. The molecule has 6 atom stereocenters. The molecule has 2 amide bonds. The smallest absolute Gasteiger partial charge is 0.410 e. The second-order valence-electron chi connectivity index (χ2n) is 13.1. The molecule has 5 unspecified atom stereocenters. The average molecular weight is 532 g/mol. The van der Waals surface area contributed by atoms with Gasteiger partial charge in [-0.05, 0) is 100 Å². The number of hydrogen-bond acceptors (Lipinski definition) is 5. The van der Waals surface area contributed by atoms with Gasteiger partial charge in [0.2, 0.25) is 0 Å². The van der Waals surface area contributed by atoms with Gasteiger partial charge in [0.25, 0.3) is 5.91 Å². The van der Waals surface area contributed by atoms with Crippen molar-refractivity contribution < 1.29 is 19.1 Å². The van der Waals surface area contributed by atoms with Crippen LogP contribution in [0.3, 0.4) is 0 Å². The molecule has 2 saturated heterocycles. The van der Waals surface area contributed by atoms with Crippen LogP contribution in [-0.2, 0) is 16.6 Å². The van der Waals surface area contributed by atoms with Gasteiger partial charge >= 0.3 is 6.09 Å². The summed E-state index contributed by atoms with van der Waals surface area (Å²) in [5.41, 5.74) is 2.64. The highest BCUT2D eigenvalue weighted by Crippen LogP contribution is 2.75. The minimum atomic E-state index is -0.528. The van der Waals surface area contributed by atoms with E-state index in [1.807, 2.05) is 39.0 Å². The van der Waals surface area contributed by atoms with Crippen molar-refractivity contribution >= 4 is 12.0 Å². The fourth-order valence-corrected chi connectivity index (χ4v) is 9.53. The van der Waals surface area contributed by atoms with E-state index in [1.54, 1.807) is 13.3 Å². The highest BCUT2D eigenvalue weighted by molar-refractivity contribution is 5.93. The van der Waals surface area contributed by atoms with E-state index >= 15 is 0 Å². The Balaban J connectivity index is 0.00000277. The van der Waals surface area contributed by atoms with Crippen molar-refractivity contribution in [3.63, 3.8) is 0 Å². The molecule has 39 heavy (non-hydrogen) atoms. The third-order valence-electron chi connectivity index (χ3n) is 10.5. The Morgan fingerprint density at radius 3 is 2.64 bits per heavy atom. The van der Waals surface area contributed by atoms with Crippen LogP contribution in [0.4, 0.5) is 4.79 Å². The standard InChI is InChI=1S/C31H37N3O4.CH4/c1-29(2,3)38-28(36)33-14-12-31-22-16-21(37-4)9-8-19(22)15-25(33)30(31)11-10-24-26(31)20(17-30)18-34(24)27(35)23-7-5-6-13-32-23;/h5-9,13,16,20,24-26H,10-12,14-15,17-18H2,1-4H3;1H4/t20-,24?,25?,26?,30?,31?;/m1./s1. The predicted octanol–water partition coefficient (Wildman–Crippen LogP) is 5.47. The largest absolute Gasteiger partial charge is 0.497 e. The number of pyridine rings is 1. The summed E-state index contributed by atoms with van der Waals surface area (Å²) in [4.78, 5) is 35.8. The maximum absolute atomic E-state index is 13.7. The van der Waals surface area contributed by atoms with Gasteiger partial charge in [-0.15, -0.1) is 0 Å². The number of likely N-dealkylation sites (tertiary alicyclic amines) is 2. The predicted molar refractivity (Wildman–Crippen MR) is 149 cm³/mol. The van der Waals surface area contributed by atoms with Crippen LogP contribution in [0.2, 0.25) is 0 Å². The van der Waals surface area contributed by atoms with Gasteiger partial charge in [-0.1, -0.05) is 19.6 Å². The van der Waals surface area contributed by atoms with Gasteiger partial charge < -0.3 is 19.3 Å². The lowest BCUT2D eigenvalue weighted by Crippen LogP contribution is -2.70. The van der Waals surface area contributed by atoms with Crippen molar-refractivity contribution in [2.24, 2.45) is 17.3 Å². The minimum absolute atomic E-state index is 0. The van der Waals surface area contributed by atoms with Crippen LogP contribution in [0, 0.1) is 17.3 Å². The summed E-state index contributed by atoms with van der Waals surface area (Å²) in [6, 6.07) is 12.4. The third kappa shape index (κ3) is 3.44. The Morgan fingerprint density at radius 1 is 1.10 bits per heavy atom. The number of hydrogen-bond donors (Lipinski definition) is 0. The summed E-state index contributed by atoms with van der Waals surface area (Å²) in [5.74, 6) is 1.73. The summed E-state index contributed by atoms with van der Waals surface area (Å²) in [7, 11) is 1.73. The van der Waals surface area contributed by atoms with Gasteiger partial charge in [-0.2, -0.15) is 0 Å². The number of ether oxygens (including phenoxy) is 2. The molecule has 1 aromatic heterocycles. The van der Waals surface area contributed by atoms with Crippen LogP contribution in [0.25, 0.3) is 0 Å². The summed E-state index contributed by atoms with van der Waals surface area (Å²) in [6.45, 7) is 7.28. The highest BCUT2D eigenvalue weighted by Gasteiger charge is 2.77. The van der Waals surface area contributed by atoms with Crippen LogP contribution in [-0.4, -0.2) is 64.7 Å². The maximum Gasteiger partial charge on any atom is 0.410 e. The quantitative estimate of drug-likeness (QED) is 0.514. The zero-order valence-corrected chi connectivity index (χ0v) is 22.8. The SMILES string of the molecule is C.COc1ccc2c(c1)C13CCN(C(=O)OC(C)(C)C)C(C2)C12CCC1C3[C@@H](CN1C(=O)c1ccccn1)C2. The van der Waals surface area contributed by atoms with Crippen molar-refractivity contribution in [3.8, 4) is 5.75 Å². The molecule has 3 aliphatic carbocycles. The Labute approximate surface area is 231 Å². The zero-order chi connectivity index (χ0) is 26.4. The summed E-state index contributed by atoms with van der Waals surface area (Å²) < 4.78 is 11.7. The lowest BCUT2D eigenvalue weighted by atomic mass is 9.43. The maximum atomic E-state index is 13.7. The highest BCUT2D eigenvalue weighted by atomic mass is 16.6. The number of aromatic nitrogens is 1. The second kappa shape index (κ2) is 8.70. The van der Waals surface area contributed by atoms with E-state index in [-0.39, 0.29) is 42.3 Å². The van der Waals surface area contributed by atoms with Crippen molar-refractivity contribution in [2.45, 2.75) is 83.4 Å². The molecule has 2 saturated carbocycles. The fourth-order valence-electron chi connectivity index (χ4n) is 9.53. The second-order valence-corrected chi connectivity index (χ2v) is 13.1. The normalized spacial score (nSPS) is 33.5. The summed E-state index contributed by atoms with van der Waals surface area (Å²) >= 11 is 0. The third-order valence-corrected chi connectivity index (χ3v) is 10.5. The number of carbonyl (C=O) groups excluding carboxylic acids is 2. The van der Waals surface area contributed by atoms with E-state index in [9.17, 15) is 9.59 Å². The molecule has 2 aromatic rings. The zero-order valence-electron chi connectivity index (χ0n) is 22.8. The molecule has 0 spiro atoms. The Kier molecular flexibility index (Phi) is 5.84. The van der Waals surface area contributed by atoms with E-state index in [2.05, 4.69) is 33.0 Å². The van der Waals surface area contributed by atoms with Crippen LogP contribution in [0.1, 0.15) is 75.5 Å². The van der Waals surface area contributed by atoms with Gasteiger partial charge in [0.05, 0.1) is 7.11 Å². The summed E-state index contributed by atoms with van der Waals surface area (Å²) in [6.07, 6.45) is 6.29. The van der Waals surface area contributed by atoms with Crippen LogP contribution >= 0.6 is 0 Å². The average Bonchev–Trinajstić information content (AvgIpc) is 3.34. The van der Waals surface area contributed by atoms with Crippen molar-refractivity contribution in [2.75, 3.05) is 20.2 Å². The molecular weight excluding hydrogens is 490 g/mol. The van der Waals surface area contributed by atoms with Gasteiger partial charge in [-0.3, -0.25) is 9.78 Å². The topological polar surface area (TPSA) is 72.0 Å². The Bertz CT molecular complexity index is 1310. The molecule has 0 radical (unpaired) electrons. The molecule has 4 bridgehead atoms. The Hall–Kier alpha value is -3.09. The number of benzene rings is 1. The lowest BCUT2D eigenvalue weighted by molar-refractivity contribution is -0.100. The van der Waals surface area contributed by atoms with Crippen LogP contribution in [0.5, 0.6) is 5.75 Å². The van der Waals surface area contributed by atoms with Gasteiger partial charge in [0.15, 0.2) is 0 Å².